The van der Waals surface area contributed by atoms with Gasteiger partial charge in [-0.1, -0.05) is 39.0 Å². The molecule has 0 radical (unpaired) electrons. The molecule has 1 aromatic heterocycles. The van der Waals surface area contributed by atoms with Gasteiger partial charge in [-0.25, -0.2) is 4.68 Å². The van der Waals surface area contributed by atoms with Crippen molar-refractivity contribution in [2.24, 2.45) is 0 Å². The molecule has 2 rings (SSSR count). The van der Waals surface area contributed by atoms with E-state index in [1.54, 1.807) is 0 Å². The van der Waals surface area contributed by atoms with Crippen LogP contribution >= 0.6 is 0 Å². The van der Waals surface area contributed by atoms with Gasteiger partial charge in [0.15, 0.2) is 0 Å². The summed E-state index contributed by atoms with van der Waals surface area (Å²) in [6, 6.07) is 7.89. The van der Waals surface area contributed by atoms with Crippen LogP contribution in [0.5, 0.6) is 5.75 Å². The van der Waals surface area contributed by atoms with Crippen LogP contribution in [0.4, 0.5) is 0 Å². The molecule has 4 heteroatoms. The molecule has 1 heterocycles. The number of hydrogen-bond acceptors (Lipinski definition) is 3. The maximum atomic E-state index is 9.39. The van der Waals surface area contributed by atoms with E-state index in [1.165, 1.54) is 32.1 Å². The molecule has 0 aliphatic carbocycles. The third-order valence-corrected chi connectivity index (χ3v) is 4.25. The molecule has 2 aromatic rings. The molecule has 0 saturated heterocycles. The Balaban J connectivity index is 1.93. The van der Waals surface area contributed by atoms with E-state index < -0.39 is 0 Å². The molecule has 0 spiro atoms. The molecule has 0 fully saturated rings. The van der Waals surface area contributed by atoms with Crippen molar-refractivity contribution in [3.05, 3.63) is 41.2 Å². The van der Waals surface area contributed by atoms with Gasteiger partial charge in [0.1, 0.15) is 11.8 Å². The summed E-state index contributed by atoms with van der Waals surface area (Å²) >= 11 is 0. The summed E-state index contributed by atoms with van der Waals surface area (Å²) in [6.07, 6.45) is 9.34. The van der Waals surface area contributed by atoms with Gasteiger partial charge in [0.2, 0.25) is 0 Å². The summed E-state index contributed by atoms with van der Waals surface area (Å²) in [4.78, 5) is 0. The average Bonchev–Trinajstić information content (AvgIpc) is 2.93. The van der Waals surface area contributed by atoms with Gasteiger partial charge in [-0.2, -0.15) is 10.4 Å². The first-order chi connectivity index (χ1) is 11.7. The molecule has 0 bridgehead atoms. The number of hydrogen-bond donors (Lipinski definition) is 0. The molecule has 0 atom stereocenters. The normalized spacial score (nSPS) is 10.6. The topological polar surface area (TPSA) is 50.8 Å². The zero-order valence-electron chi connectivity index (χ0n) is 15.0. The zero-order valence-corrected chi connectivity index (χ0v) is 15.0. The van der Waals surface area contributed by atoms with Crippen molar-refractivity contribution >= 4 is 0 Å². The maximum Gasteiger partial charge on any atom is 0.137 e. The van der Waals surface area contributed by atoms with E-state index in [0.717, 1.165) is 23.4 Å². The number of nitriles is 1. The van der Waals surface area contributed by atoms with Crippen LogP contribution in [-0.2, 0) is 0 Å². The smallest absolute Gasteiger partial charge is 0.137 e. The van der Waals surface area contributed by atoms with E-state index in [2.05, 4.69) is 18.1 Å². The molecule has 0 amide bonds. The van der Waals surface area contributed by atoms with E-state index >= 15 is 0 Å². The van der Waals surface area contributed by atoms with E-state index in [0.29, 0.717) is 17.9 Å². The van der Waals surface area contributed by atoms with Crippen molar-refractivity contribution in [3.8, 4) is 17.5 Å². The van der Waals surface area contributed by atoms with E-state index in [9.17, 15) is 5.26 Å². The third kappa shape index (κ3) is 4.86. The predicted octanol–water partition coefficient (Wildman–Crippen LogP) is 5.10. The Morgan fingerprint density at radius 3 is 2.54 bits per heavy atom. The summed E-state index contributed by atoms with van der Waals surface area (Å²) < 4.78 is 7.61. The molecule has 0 aliphatic rings. The van der Waals surface area contributed by atoms with Crippen LogP contribution in [0.15, 0.2) is 24.4 Å². The second-order valence-electron chi connectivity index (χ2n) is 6.25. The van der Waals surface area contributed by atoms with Crippen molar-refractivity contribution in [3.63, 3.8) is 0 Å². The largest absolute Gasteiger partial charge is 0.492 e. The van der Waals surface area contributed by atoms with Gasteiger partial charge in [0.05, 0.1) is 23.6 Å². The first kappa shape index (κ1) is 18.1. The summed E-state index contributed by atoms with van der Waals surface area (Å²) in [5, 5.41) is 13.9. The number of benzene rings is 1. The Hall–Kier alpha value is -2.28. The van der Waals surface area contributed by atoms with Crippen LogP contribution in [0.25, 0.3) is 5.69 Å². The van der Waals surface area contributed by atoms with Crippen LogP contribution in [0, 0.1) is 25.2 Å². The monoisotopic (exact) mass is 325 g/mol. The highest BCUT2D eigenvalue weighted by atomic mass is 16.5. The lowest BCUT2D eigenvalue weighted by Crippen LogP contribution is -2.01. The van der Waals surface area contributed by atoms with E-state index in [-0.39, 0.29) is 0 Å². The van der Waals surface area contributed by atoms with Crippen molar-refractivity contribution in [1.29, 1.82) is 5.26 Å². The third-order valence-electron chi connectivity index (χ3n) is 4.25. The van der Waals surface area contributed by atoms with Gasteiger partial charge in [-0.3, -0.25) is 0 Å². The lowest BCUT2D eigenvalue weighted by molar-refractivity contribution is 0.303. The van der Waals surface area contributed by atoms with Gasteiger partial charge in [0.25, 0.3) is 0 Å². The molecular weight excluding hydrogens is 298 g/mol. The molecule has 0 unspecified atom stereocenters. The molecular formula is C20H27N3O. The van der Waals surface area contributed by atoms with E-state index in [1.807, 2.05) is 42.9 Å². The number of unbranched alkanes of at least 4 members (excludes halogenated alkanes) is 5. The fourth-order valence-electron chi connectivity index (χ4n) is 2.62. The van der Waals surface area contributed by atoms with Gasteiger partial charge in [-0.05, 0) is 44.0 Å². The Kier molecular flexibility index (Phi) is 6.87. The summed E-state index contributed by atoms with van der Waals surface area (Å²) in [7, 11) is 0. The number of aromatic nitrogens is 2. The van der Waals surface area contributed by atoms with Crippen molar-refractivity contribution in [1.82, 2.24) is 9.78 Å². The molecule has 0 aliphatic heterocycles. The Labute approximate surface area is 145 Å². The minimum atomic E-state index is 0.560. The van der Waals surface area contributed by atoms with E-state index in [4.69, 9.17) is 4.74 Å². The number of rotatable bonds is 9. The average molecular weight is 325 g/mol. The Bertz CT molecular complexity index is 678. The lowest BCUT2D eigenvalue weighted by Gasteiger charge is -2.09. The number of nitrogens with zero attached hydrogens (tertiary/aromatic N) is 3. The highest BCUT2D eigenvalue weighted by molar-refractivity contribution is 5.50. The summed E-state index contributed by atoms with van der Waals surface area (Å²) in [6.45, 7) is 6.90. The van der Waals surface area contributed by atoms with Gasteiger partial charge in [-0.15, -0.1) is 0 Å². The fourth-order valence-corrected chi connectivity index (χ4v) is 2.62. The second kappa shape index (κ2) is 9.12. The summed E-state index contributed by atoms with van der Waals surface area (Å²) in [5.41, 5.74) is 3.58. The first-order valence-corrected chi connectivity index (χ1v) is 8.86. The molecule has 1 aromatic carbocycles. The molecule has 4 nitrogen and oxygen atoms in total. The quantitative estimate of drug-likeness (QED) is 0.603. The van der Waals surface area contributed by atoms with Crippen LogP contribution < -0.4 is 4.74 Å². The van der Waals surface area contributed by atoms with Gasteiger partial charge >= 0.3 is 0 Å². The summed E-state index contributed by atoms with van der Waals surface area (Å²) in [5.74, 6) is 0.662. The Morgan fingerprint density at radius 1 is 1.12 bits per heavy atom. The van der Waals surface area contributed by atoms with Crippen LogP contribution in [0.1, 0.15) is 62.3 Å². The maximum absolute atomic E-state index is 9.39. The molecule has 24 heavy (non-hydrogen) atoms. The van der Waals surface area contributed by atoms with Crippen molar-refractivity contribution in [2.75, 3.05) is 6.61 Å². The lowest BCUT2D eigenvalue weighted by atomic mass is 10.1. The molecule has 128 valence electrons. The number of aryl methyl sites for hydroxylation is 2. The standard InChI is InChI=1S/C20H27N3O/c1-4-5-6-7-8-9-12-24-20-11-10-19(13-18(20)14-21)23-15-16(2)17(3)22-23/h10-11,13,15H,4-9,12H2,1-3H3. The first-order valence-electron chi connectivity index (χ1n) is 8.86. The SMILES string of the molecule is CCCCCCCCOc1ccc(-n2cc(C)c(C)n2)cc1C#N. The predicted molar refractivity (Wildman–Crippen MR) is 96.6 cm³/mol. The molecule has 0 N–H and O–H groups in total. The highest BCUT2D eigenvalue weighted by Gasteiger charge is 2.08. The van der Waals surface area contributed by atoms with Gasteiger partial charge < -0.3 is 4.74 Å². The molecule has 0 saturated carbocycles. The fraction of sp³-hybridized carbons (Fsp3) is 0.500. The Morgan fingerprint density at radius 2 is 1.88 bits per heavy atom. The van der Waals surface area contributed by atoms with Crippen molar-refractivity contribution in [2.45, 2.75) is 59.3 Å². The van der Waals surface area contributed by atoms with Crippen LogP contribution in [0.3, 0.4) is 0 Å². The van der Waals surface area contributed by atoms with Crippen molar-refractivity contribution < 1.29 is 4.74 Å². The van der Waals surface area contributed by atoms with Gasteiger partial charge in [0, 0.05) is 6.20 Å². The minimum Gasteiger partial charge on any atom is -0.492 e. The van der Waals surface area contributed by atoms with Crippen LogP contribution in [-0.4, -0.2) is 16.4 Å². The highest BCUT2D eigenvalue weighted by Crippen LogP contribution is 2.22. The zero-order chi connectivity index (χ0) is 17.4. The second-order valence-corrected chi connectivity index (χ2v) is 6.25. The number of ether oxygens (including phenoxy) is 1. The van der Waals surface area contributed by atoms with Crippen LogP contribution in [0.2, 0.25) is 0 Å². The minimum absolute atomic E-state index is 0.560.